The van der Waals surface area contributed by atoms with E-state index in [9.17, 15) is 4.79 Å². The third-order valence-electron chi connectivity index (χ3n) is 5.33. The van der Waals surface area contributed by atoms with Crippen LogP contribution >= 0.6 is 15.9 Å². The number of aromatic nitrogens is 3. The first kappa shape index (κ1) is 23.5. The molecule has 176 valence electrons. The van der Waals surface area contributed by atoms with E-state index in [2.05, 4.69) is 30.9 Å². The van der Waals surface area contributed by atoms with Crippen LogP contribution in [-0.4, -0.2) is 57.4 Å². The number of halogens is 1. The summed E-state index contributed by atoms with van der Waals surface area (Å²) in [7, 11) is 0. The summed E-state index contributed by atoms with van der Waals surface area (Å²) >= 11 is 3.51. The Balaban J connectivity index is 1.70. The highest BCUT2D eigenvalue weighted by Crippen LogP contribution is 2.29. The summed E-state index contributed by atoms with van der Waals surface area (Å²) in [5, 5.41) is 4.45. The minimum atomic E-state index is -0.624. The number of carbonyl (C=O) groups is 1. The van der Waals surface area contributed by atoms with Crippen LogP contribution in [0.15, 0.2) is 47.1 Å². The van der Waals surface area contributed by atoms with Gasteiger partial charge in [-0.1, -0.05) is 24.6 Å². The van der Waals surface area contributed by atoms with Gasteiger partial charge in [0.2, 0.25) is 5.88 Å². The molecule has 1 aliphatic rings. The lowest BCUT2D eigenvalue weighted by molar-refractivity contribution is 0.0573. The summed E-state index contributed by atoms with van der Waals surface area (Å²) in [6.45, 7) is 8.91. The molecular formula is C24H30BrN5O3. The van der Waals surface area contributed by atoms with Crippen LogP contribution in [0.2, 0.25) is 0 Å². The summed E-state index contributed by atoms with van der Waals surface area (Å²) in [6.07, 6.45) is 4.87. The van der Waals surface area contributed by atoms with Crippen LogP contribution in [0.25, 0.3) is 5.65 Å². The van der Waals surface area contributed by atoms with E-state index in [1.807, 2.05) is 51.1 Å². The zero-order valence-electron chi connectivity index (χ0n) is 19.3. The Morgan fingerprint density at radius 2 is 1.88 bits per heavy atom. The van der Waals surface area contributed by atoms with Crippen molar-refractivity contribution in [2.45, 2.75) is 45.6 Å². The normalized spacial score (nSPS) is 14.9. The molecular weight excluding hydrogens is 486 g/mol. The average molecular weight is 516 g/mol. The minimum absolute atomic E-state index is 0.372. The van der Waals surface area contributed by atoms with Crippen molar-refractivity contribution in [3.8, 4) is 11.6 Å². The predicted molar refractivity (Wildman–Crippen MR) is 131 cm³/mol. The highest BCUT2D eigenvalue weighted by Gasteiger charge is 2.27. The maximum absolute atomic E-state index is 13.3. The van der Waals surface area contributed by atoms with E-state index < -0.39 is 11.7 Å². The van der Waals surface area contributed by atoms with Gasteiger partial charge in [-0.3, -0.25) is 4.90 Å². The molecule has 1 aliphatic heterocycles. The summed E-state index contributed by atoms with van der Waals surface area (Å²) < 4.78 is 14.1. The molecule has 0 unspecified atom stereocenters. The number of hydrogen-bond acceptors (Lipinski definition) is 6. The molecule has 33 heavy (non-hydrogen) atoms. The molecule has 1 aromatic carbocycles. The Labute approximate surface area is 202 Å². The Hall–Kier alpha value is -2.65. The first-order chi connectivity index (χ1) is 15.8. The van der Waals surface area contributed by atoms with Crippen molar-refractivity contribution in [1.82, 2.24) is 19.5 Å². The van der Waals surface area contributed by atoms with Crippen LogP contribution in [0.4, 0.5) is 10.6 Å². The zero-order valence-corrected chi connectivity index (χ0v) is 20.9. The maximum Gasteiger partial charge on any atom is 0.416 e. The SMILES string of the molecule is CC(C)(C)OC(=O)N(CCN1CCCCC1)c1cc(Oc2ccccc2)nc2c(Br)cnn12. The van der Waals surface area contributed by atoms with Gasteiger partial charge in [-0.05, 0) is 74.8 Å². The van der Waals surface area contributed by atoms with Gasteiger partial charge in [0, 0.05) is 19.2 Å². The fourth-order valence-corrected chi connectivity index (χ4v) is 4.14. The second-order valence-electron chi connectivity index (χ2n) is 9.13. The average Bonchev–Trinajstić information content (AvgIpc) is 3.15. The number of ether oxygens (including phenoxy) is 2. The van der Waals surface area contributed by atoms with Crippen molar-refractivity contribution in [2.24, 2.45) is 0 Å². The quantitative estimate of drug-likeness (QED) is 0.430. The van der Waals surface area contributed by atoms with Crippen LogP contribution in [0.5, 0.6) is 11.6 Å². The molecule has 1 saturated heterocycles. The number of amides is 1. The lowest BCUT2D eigenvalue weighted by atomic mass is 10.1. The van der Waals surface area contributed by atoms with Gasteiger partial charge in [-0.2, -0.15) is 14.6 Å². The van der Waals surface area contributed by atoms with Crippen LogP contribution in [0.3, 0.4) is 0 Å². The number of carbonyl (C=O) groups excluding carboxylic acids is 1. The Kier molecular flexibility index (Phi) is 7.19. The number of fused-ring (bicyclic) bond motifs is 1. The number of benzene rings is 1. The second kappa shape index (κ2) is 10.1. The van der Waals surface area contributed by atoms with E-state index in [0.717, 1.165) is 19.6 Å². The third kappa shape index (κ3) is 6.03. The van der Waals surface area contributed by atoms with Gasteiger partial charge in [0.25, 0.3) is 0 Å². The monoisotopic (exact) mass is 515 g/mol. The molecule has 0 radical (unpaired) electrons. The molecule has 9 heteroatoms. The molecule has 8 nitrogen and oxygen atoms in total. The highest BCUT2D eigenvalue weighted by atomic mass is 79.9. The van der Waals surface area contributed by atoms with Crippen molar-refractivity contribution in [2.75, 3.05) is 31.1 Å². The van der Waals surface area contributed by atoms with Crippen LogP contribution in [-0.2, 0) is 4.74 Å². The minimum Gasteiger partial charge on any atom is -0.443 e. The number of nitrogens with zero attached hydrogens (tertiary/aromatic N) is 5. The molecule has 0 atom stereocenters. The Bertz CT molecular complexity index is 1090. The van der Waals surface area contributed by atoms with Crippen molar-refractivity contribution in [3.05, 3.63) is 47.1 Å². The Morgan fingerprint density at radius 1 is 1.15 bits per heavy atom. The first-order valence-corrected chi connectivity index (χ1v) is 12.1. The van der Waals surface area contributed by atoms with Gasteiger partial charge in [-0.15, -0.1) is 0 Å². The molecule has 4 rings (SSSR count). The van der Waals surface area contributed by atoms with Crippen LogP contribution < -0.4 is 9.64 Å². The van der Waals surface area contributed by atoms with E-state index in [4.69, 9.17) is 9.47 Å². The largest absolute Gasteiger partial charge is 0.443 e. The van der Waals surface area contributed by atoms with Crippen molar-refractivity contribution >= 4 is 33.5 Å². The molecule has 0 bridgehead atoms. The molecule has 0 N–H and O–H groups in total. The Morgan fingerprint density at radius 3 is 2.58 bits per heavy atom. The predicted octanol–water partition coefficient (Wildman–Crippen LogP) is 5.51. The zero-order chi connectivity index (χ0) is 23.4. The van der Waals surface area contributed by atoms with Gasteiger partial charge in [0.15, 0.2) is 5.65 Å². The smallest absolute Gasteiger partial charge is 0.416 e. The van der Waals surface area contributed by atoms with Gasteiger partial charge in [0.1, 0.15) is 17.2 Å². The summed E-state index contributed by atoms with van der Waals surface area (Å²) in [5.74, 6) is 1.58. The van der Waals surface area contributed by atoms with Crippen LogP contribution in [0.1, 0.15) is 40.0 Å². The fourth-order valence-electron chi connectivity index (χ4n) is 3.79. The molecule has 3 heterocycles. The van der Waals surface area contributed by atoms with E-state index in [-0.39, 0.29) is 0 Å². The number of likely N-dealkylation sites (tertiary alicyclic amines) is 1. The number of anilines is 1. The topological polar surface area (TPSA) is 72.2 Å². The standard InChI is InChI=1S/C24H30BrN5O3/c1-24(2,3)33-23(31)29(15-14-28-12-8-5-9-13-28)21-16-20(32-18-10-6-4-7-11-18)27-22-19(25)17-26-30(21)22/h4,6-7,10-11,16-17H,5,8-9,12-15H2,1-3H3. The molecule has 3 aromatic rings. The number of rotatable bonds is 6. The van der Waals surface area contributed by atoms with E-state index in [1.54, 1.807) is 21.7 Å². The van der Waals surface area contributed by atoms with Gasteiger partial charge in [0.05, 0.1) is 10.7 Å². The van der Waals surface area contributed by atoms with Crippen molar-refractivity contribution in [3.63, 3.8) is 0 Å². The second-order valence-corrected chi connectivity index (χ2v) is 9.98. The first-order valence-electron chi connectivity index (χ1n) is 11.3. The number of piperidine rings is 1. The number of hydrogen-bond donors (Lipinski definition) is 0. The lowest BCUT2D eigenvalue weighted by Gasteiger charge is -2.31. The summed E-state index contributed by atoms with van der Waals surface area (Å²) in [4.78, 5) is 21.9. The summed E-state index contributed by atoms with van der Waals surface area (Å²) in [6, 6.07) is 11.2. The highest BCUT2D eigenvalue weighted by molar-refractivity contribution is 9.10. The molecule has 0 aliphatic carbocycles. The molecule has 0 saturated carbocycles. The van der Waals surface area contributed by atoms with E-state index in [1.165, 1.54) is 19.3 Å². The summed E-state index contributed by atoms with van der Waals surface area (Å²) in [5.41, 5.74) is -0.0642. The maximum atomic E-state index is 13.3. The number of para-hydroxylation sites is 1. The van der Waals surface area contributed by atoms with Crippen molar-refractivity contribution < 1.29 is 14.3 Å². The lowest BCUT2D eigenvalue weighted by Crippen LogP contribution is -2.43. The van der Waals surface area contributed by atoms with Crippen molar-refractivity contribution in [1.29, 1.82) is 0 Å². The van der Waals surface area contributed by atoms with Gasteiger partial charge < -0.3 is 14.4 Å². The van der Waals surface area contributed by atoms with Gasteiger partial charge >= 0.3 is 6.09 Å². The van der Waals surface area contributed by atoms with E-state index >= 15 is 0 Å². The van der Waals surface area contributed by atoms with Gasteiger partial charge in [-0.25, -0.2) is 4.79 Å². The molecule has 0 spiro atoms. The molecule has 1 fully saturated rings. The van der Waals surface area contributed by atoms with E-state index in [0.29, 0.717) is 34.1 Å². The van der Waals surface area contributed by atoms with Crippen LogP contribution in [0, 0.1) is 0 Å². The third-order valence-corrected chi connectivity index (χ3v) is 5.89. The molecule has 2 aromatic heterocycles. The molecule has 1 amide bonds. The fraction of sp³-hybridized carbons (Fsp3) is 0.458.